The molecule has 0 atom stereocenters. The Morgan fingerprint density at radius 3 is 2.56 bits per heavy atom. The number of carbonyl (C=O) groups excluding carboxylic acids is 1. The third-order valence-corrected chi connectivity index (χ3v) is 6.10. The van der Waals surface area contributed by atoms with Gasteiger partial charge in [-0.05, 0) is 37.6 Å². The van der Waals surface area contributed by atoms with E-state index in [4.69, 9.17) is 15.1 Å². The van der Waals surface area contributed by atoms with Crippen LogP contribution in [0.5, 0.6) is 0 Å². The van der Waals surface area contributed by atoms with Crippen LogP contribution in [-0.2, 0) is 4.79 Å². The Morgan fingerprint density at radius 1 is 0.969 bits per heavy atom. The fourth-order valence-corrected chi connectivity index (χ4v) is 4.35. The van der Waals surface area contributed by atoms with E-state index in [2.05, 4.69) is 11.4 Å². The summed E-state index contributed by atoms with van der Waals surface area (Å²) in [6, 6.07) is 23.7. The first kappa shape index (κ1) is 20.2. The minimum absolute atomic E-state index is 0.0894. The number of thioether (sulfide) groups is 1. The fourth-order valence-electron chi connectivity index (χ4n) is 3.60. The highest BCUT2D eigenvalue weighted by Gasteiger charge is 2.16. The average molecular weight is 440 g/mol. The number of aromatic nitrogens is 4. The molecule has 0 saturated heterocycles. The van der Waals surface area contributed by atoms with Crippen molar-refractivity contribution in [3.05, 3.63) is 83.9 Å². The van der Waals surface area contributed by atoms with Crippen LogP contribution in [0.3, 0.4) is 0 Å². The molecule has 0 spiro atoms. The van der Waals surface area contributed by atoms with Crippen LogP contribution in [0.2, 0.25) is 0 Å². The van der Waals surface area contributed by atoms with Crippen LogP contribution in [0, 0.1) is 13.8 Å². The number of hydrogen-bond donors (Lipinski definition) is 1. The topological polar surface area (TPSA) is 72.2 Å². The van der Waals surface area contributed by atoms with Gasteiger partial charge in [-0.2, -0.15) is 4.52 Å². The van der Waals surface area contributed by atoms with Crippen LogP contribution >= 0.6 is 11.8 Å². The summed E-state index contributed by atoms with van der Waals surface area (Å²) in [7, 11) is 0. The molecule has 0 radical (unpaired) electrons. The second kappa shape index (κ2) is 8.43. The molecule has 7 heteroatoms. The number of fused-ring (bicyclic) bond motifs is 3. The Balaban J connectivity index is 1.47. The van der Waals surface area contributed by atoms with Crippen LogP contribution in [0.15, 0.2) is 78.0 Å². The lowest BCUT2D eigenvalue weighted by Gasteiger charge is -2.09. The molecule has 1 amide bonds. The smallest absolute Gasteiger partial charge is 0.234 e. The minimum atomic E-state index is -0.0894. The Kier molecular flexibility index (Phi) is 5.33. The van der Waals surface area contributed by atoms with E-state index in [1.165, 1.54) is 11.8 Å². The predicted molar refractivity (Wildman–Crippen MR) is 129 cm³/mol. The van der Waals surface area contributed by atoms with E-state index in [-0.39, 0.29) is 11.7 Å². The number of benzene rings is 3. The average Bonchev–Trinajstić information content (AvgIpc) is 3.26. The lowest BCUT2D eigenvalue weighted by atomic mass is 10.1. The normalized spacial score (nSPS) is 11.2. The molecule has 5 rings (SSSR count). The highest BCUT2D eigenvalue weighted by atomic mass is 32.2. The first-order chi connectivity index (χ1) is 15.6. The second-order valence-corrected chi connectivity index (χ2v) is 8.55. The summed E-state index contributed by atoms with van der Waals surface area (Å²) in [4.78, 5) is 22.2. The van der Waals surface area contributed by atoms with Crippen LogP contribution in [0.4, 0.5) is 5.69 Å². The molecule has 0 unspecified atom stereocenters. The van der Waals surface area contributed by atoms with Gasteiger partial charge in [0.2, 0.25) is 5.91 Å². The van der Waals surface area contributed by atoms with Crippen molar-refractivity contribution in [2.45, 2.75) is 19.0 Å². The molecule has 0 aliphatic carbocycles. The number of carbonyl (C=O) groups is 1. The molecule has 2 heterocycles. The van der Waals surface area contributed by atoms with Crippen molar-refractivity contribution < 1.29 is 4.79 Å². The van der Waals surface area contributed by atoms with Crippen molar-refractivity contribution >= 4 is 39.9 Å². The largest absolute Gasteiger partial charge is 0.325 e. The molecule has 3 aromatic carbocycles. The van der Waals surface area contributed by atoms with E-state index in [1.54, 1.807) is 4.52 Å². The fraction of sp³-hybridized carbons (Fsp3) is 0.120. The molecule has 0 fully saturated rings. The first-order valence-electron chi connectivity index (χ1n) is 10.3. The van der Waals surface area contributed by atoms with Crippen molar-refractivity contribution in [2.75, 3.05) is 11.1 Å². The zero-order chi connectivity index (χ0) is 22.1. The van der Waals surface area contributed by atoms with Gasteiger partial charge < -0.3 is 5.32 Å². The van der Waals surface area contributed by atoms with Gasteiger partial charge in [-0.25, -0.2) is 9.97 Å². The Labute approximate surface area is 189 Å². The quantitative estimate of drug-likeness (QED) is 0.297. The summed E-state index contributed by atoms with van der Waals surface area (Å²) in [6.07, 6.45) is 0. The SMILES string of the molecule is Cc1ccc(NC(=O)CSc2nc3ccccc3c3nc(-c4ccccc4)nn23)c(C)c1. The molecule has 158 valence electrons. The van der Waals surface area contributed by atoms with Gasteiger partial charge in [-0.3, -0.25) is 4.79 Å². The zero-order valence-electron chi connectivity index (χ0n) is 17.7. The number of amides is 1. The Morgan fingerprint density at radius 2 is 1.75 bits per heavy atom. The number of nitrogens with one attached hydrogen (secondary N) is 1. The van der Waals surface area contributed by atoms with Gasteiger partial charge in [0.15, 0.2) is 16.6 Å². The standard InChI is InChI=1S/C25H21N5OS/c1-16-12-13-20(17(2)14-16)26-22(31)15-32-25-27-21-11-7-6-10-19(21)24-28-23(29-30(24)25)18-8-4-3-5-9-18/h3-14H,15H2,1-2H3,(H,26,31). The highest BCUT2D eigenvalue weighted by molar-refractivity contribution is 7.99. The molecule has 1 N–H and O–H groups in total. The maximum Gasteiger partial charge on any atom is 0.234 e. The van der Waals surface area contributed by atoms with E-state index in [9.17, 15) is 4.79 Å². The van der Waals surface area contributed by atoms with Crippen LogP contribution in [0.25, 0.3) is 27.9 Å². The second-order valence-electron chi connectivity index (χ2n) is 7.60. The van der Waals surface area contributed by atoms with E-state index in [0.29, 0.717) is 11.0 Å². The molecule has 6 nitrogen and oxygen atoms in total. The van der Waals surface area contributed by atoms with Crippen molar-refractivity contribution in [3.8, 4) is 11.4 Å². The number of aryl methyl sites for hydroxylation is 2. The van der Waals surface area contributed by atoms with Gasteiger partial charge >= 0.3 is 0 Å². The summed E-state index contributed by atoms with van der Waals surface area (Å²) >= 11 is 1.35. The van der Waals surface area contributed by atoms with E-state index in [0.717, 1.165) is 38.9 Å². The molecule has 0 bridgehead atoms. The molecule has 0 saturated carbocycles. The van der Waals surface area contributed by atoms with E-state index < -0.39 is 0 Å². The van der Waals surface area contributed by atoms with Crippen molar-refractivity contribution in [1.29, 1.82) is 0 Å². The van der Waals surface area contributed by atoms with Crippen molar-refractivity contribution in [3.63, 3.8) is 0 Å². The number of rotatable bonds is 5. The van der Waals surface area contributed by atoms with Gasteiger partial charge in [0.25, 0.3) is 0 Å². The Hall–Kier alpha value is -3.71. The monoisotopic (exact) mass is 439 g/mol. The minimum Gasteiger partial charge on any atom is -0.325 e. The van der Waals surface area contributed by atoms with Gasteiger partial charge in [0.1, 0.15) is 0 Å². The van der Waals surface area contributed by atoms with E-state index >= 15 is 0 Å². The van der Waals surface area contributed by atoms with Gasteiger partial charge in [0.05, 0.1) is 11.3 Å². The lowest BCUT2D eigenvalue weighted by molar-refractivity contribution is -0.113. The lowest BCUT2D eigenvalue weighted by Crippen LogP contribution is -2.15. The summed E-state index contributed by atoms with van der Waals surface area (Å²) in [6.45, 7) is 4.03. The van der Waals surface area contributed by atoms with Crippen molar-refractivity contribution in [1.82, 2.24) is 19.6 Å². The van der Waals surface area contributed by atoms with Crippen molar-refractivity contribution in [2.24, 2.45) is 0 Å². The summed E-state index contributed by atoms with van der Waals surface area (Å²) in [5, 5.41) is 9.25. The third-order valence-electron chi connectivity index (χ3n) is 5.17. The first-order valence-corrected chi connectivity index (χ1v) is 11.3. The zero-order valence-corrected chi connectivity index (χ0v) is 18.6. The number of para-hydroxylation sites is 1. The summed E-state index contributed by atoms with van der Waals surface area (Å²) in [5.41, 5.74) is 5.51. The van der Waals surface area contributed by atoms with Gasteiger partial charge in [-0.15, -0.1) is 5.10 Å². The molecule has 5 aromatic rings. The molecule has 2 aromatic heterocycles. The highest BCUT2D eigenvalue weighted by Crippen LogP contribution is 2.26. The molecule has 32 heavy (non-hydrogen) atoms. The maximum absolute atomic E-state index is 12.6. The predicted octanol–water partition coefficient (Wildman–Crippen LogP) is 5.29. The van der Waals surface area contributed by atoms with E-state index in [1.807, 2.05) is 80.6 Å². The van der Waals surface area contributed by atoms with Gasteiger partial charge in [-0.1, -0.05) is 71.9 Å². The van der Waals surface area contributed by atoms with Crippen LogP contribution in [0.1, 0.15) is 11.1 Å². The van der Waals surface area contributed by atoms with Crippen LogP contribution in [-0.4, -0.2) is 31.2 Å². The number of anilines is 1. The summed E-state index contributed by atoms with van der Waals surface area (Å²) in [5.74, 6) is 0.757. The van der Waals surface area contributed by atoms with Crippen LogP contribution < -0.4 is 5.32 Å². The third kappa shape index (κ3) is 3.94. The summed E-state index contributed by atoms with van der Waals surface area (Å²) < 4.78 is 1.74. The number of nitrogens with zero attached hydrogens (tertiary/aromatic N) is 4. The molecule has 0 aliphatic rings. The molecular formula is C25H21N5OS. The maximum atomic E-state index is 12.6. The molecular weight excluding hydrogens is 418 g/mol. The molecule has 0 aliphatic heterocycles. The number of hydrogen-bond acceptors (Lipinski definition) is 5. The Bertz CT molecular complexity index is 1450. The van der Waals surface area contributed by atoms with Gasteiger partial charge in [0, 0.05) is 16.6 Å².